The Labute approximate surface area is 110 Å². The lowest BCUT2D eigenvalue weighted by Crippen LogP contribution is -2.18. The Morgan fingerprint density at radius 3 is 2.89 bits per heavy atom. The van der Waals surface area contributed by atoms with Crippen LogP contribution in [-0.2, 0) is 11.2 Å². The van der Waals surface area contributed by atoms with E-state index < -0.39 is 0 Å². The lowest BCUT2D eigenvalue weighted by Gasteiger charge is -2.27. The predicted molar refractivity (Wildman–Crippen MR) is 73.5 cm³/mol. The number of rotatable bonds is 5. The van der Waals surface area contributed by atoms with Crippen LogP contribution in [-0.4, -0.2) is 17.8 Å². The van der Waals surface area contributed by atoms with Crippen molar-refractivity contribution >= 4 is 0 Å². The van der Waals surface area contributed by atoms with Gasteiger partial charge >= 0.3 is 0 Å². The lowest BCUT2D eigenvalue weighted by atomic mass is 9.93. The van der Waals surface area contributed by atoms with Crippen LogP contribution in [0.5, 0.6) is 0 Å². The zero-order chi connectivity index (χ0) is 13.0. The number of benzene rings is 1. The average Bonchev–Trinajstić information content (AvgIpc) is 2.35. The van der Waals surface area contributed by atoms with Gasteiger partial charge in [-0.15, -0.1) is 0 Å². The minimum absolute atomic E-state index is 0.178. The van der Waals surface area contributed by atoms with Gasteiger partial charge in [0.15, 0.2) is 0 Å². The van der Waals surface area contributed by atoms with Gasteiger partial charge in [0.2, 0.25) is 0 Å². The molecule has 0 saturated heterocycles. The largest absolute Gasteiger partial charge is 0.393 e. The second kappa shape index (κ2) is 6.35. The van der Waals surface area contributed by atoms with Crippen LogP contribution in [0.3, 0.4) is 0 Å². The maximum absolute atomic E-state index is 9.94. The SMILES string of the molecule is CC(C)CC(O)CCC1OCCc2ccccc21. The van der Waals surface area contributed by atoms with Crippen LogP contribution < -0.4 is 0 Å². The average molecular weight is 248 g/mol. The van der Waals surface area contributed by atoms with Gasteiger partial charge in [0.25, 0.3) is 0 Å². The molecule has 2 heteroatoms. The highest BCUT2D eigenvalue weighted by molar-refractivity contribution is 5.30. The normalized spacial score (nSPS) is 20.8. The van der Waals surface area contributed by atoms with Gasteiger partial charge in [-0.05, 0) is 42.7 Å². The third kappa shape index (κ3) is 3.56. The van der Waals surface area contributed by atoms with E-state index in [2.05, 4.69) is 38.1 Å². The minimum atomic E-state index is -0.192. The molecule has 0 aliphatic carbocycles. The van der Waals surface area contributed by atoms with Crippen molar-refractivity contribution in [2.75, 3.05) is 6.61 Å². The van der Waals surface area contributed by atoms with Crippen LogP contribution >= 0.6 is 0 Å². The van der Waals surface area contributed by atoms with Gasteiger partial charge in [-0.1, -0.05) is 38.1 Å². The summed E-state index contributed by atoms with van der Waals surface area (Å²) in [4.78, 5) is 0. The van der Waals surface area contributed by atoms with Crippen molar-refractivity contribution in [3.05, 3.63) is 35.4 Å². The fourth-order valence-corrected chi connectivity index (χ4v) is 2.72. The van der Waals surface area contributed by atoms with Crippen LogP contribution in [0.2, 0.25) is 0 Å². The fraction of sp³-hybridized carbons (Fsp3) is 0.625. The van der Waals surface area contributed by atoms with Crippen LogP contribution in [0.15, 0.2) is 24.3 Å². The highest BCUT2D eigenvalue weighted by atomic mass is 16.5. The summed E-state index contributed by atoms with van der Waals surface area (Å²) >= 11 is 0. The summed E-state index contributed by atoms with van der Waals surface area (Å²) in [6.45, 7) is 5.10. The van der Waals surface area contributed by atoms with Crippen LogP contribution in [0.4, 0.5) is 0 Å². The molecular weight excluding hydrogens is 224 g/mol. The molecule has 2 unspecified atom stereocenters. The number of fused-ring (bicyclic) bond motifs is 1. The Morgan fingerprint density at radius 1 is 1.33 bits per heavy atom. The Hall–Kier alpha value is -0.860. The van der Waals surface area contributed by atoms with Gasteiger partial charge in [0, 0.05) is 0 Å². The summed E-state index contributed by atoms with van der Waals surface area (Å²) in [6.07, 6.45) is 3.64. The van der Waals surface area contributed by atoms with Crippen molar-refractivity contribution in [3.8, 4) is 0 Å². The number of aliphatic hydroxyl groups is 1. The van der Waals surface area contributed by atoms with Gasteiger partial charge in [0.1, 0.15) is 0 Å². The Morgan fingerprint density at radius 2 is 2.11 bits per heavy atom. The third-order valence-electron chi connectivity index (χ3n) is 3.60. The third-order valence-corrected chi connectivity index (χ3v) is 3.60. The summed E-state index contributed by atoms with van der Waals surface area (Å²) in [5.41, 5.74) is 2.73. The fourth-order valence-electron chi connectivity index (χ4n) is 2.72. The molecule has 1 N–H and O–H groups in total. The van der Waals surface area contributed by atoms with Crippen LogP contribution in [0.1, 0.15) is 50.3 Å². The number of hydrogen-bond donors (Lipinski definition) is 1. The predicted octanol–water partition coefficient (Wildman–Crippen LogP) is 3.49. The molecule has 0 fully saturated rings. The zero-order valence-corrected chi connectivity index (χ0v) is 11.4. The topological polar surface area (TPSA) is 29.5 Å². The molecule has 0 spiro atoms. The molecule has 1 aromatic carbocycles. The first-order chi connectivity index (χ1) is 8.66. The molecule has 0 bridgehead atoms. The smallest absolute Gasteiger partial charge is 0.0828 e. The second-order valence-electron chi connectivity index (χ2n) is 5.67. The Kier molecular flexibility index (Phi) is 4.79. The quantitative estimate of drug-likeness (QED) is 0.864. The molecule has 2 rings (SSSR count). The standard InChI is InChI=1S/C16H24O2/c1-12(2)11-14(17)7-8-16-15-6-4-3-5-13(15)9-10-18-16/h3-6,12,14,16-17H,7-11H2,1-2H3. The molecule has 0 aromatic heterocycles. The minimum Gasteiger partial charge on any atom is -0.393 e. The molecule has 1 aliphatic rings. The highest BCUT2D eigenvalue weighted by Crippen LogP contribution is 2.31. The first-order valence-corrected chi connectivity index (χ1v) is 7.04. The van der Waals surface area contributed by atoms with Crippen LogP contribution in [0.25, 0.3) is 0 Å². The summed E-state index contributed by atoms with van der Waals surface area (Å²) in [5.74, 6) is 0.555. The summed E-state index contributed by atoms with van der Waals surface area (Å²) in [7, 11) is 0. The van der Waals surface area contributed by atoms with E-state index in [4.69, 9.17) is 4.74 Å². The van der Waals surface area contributed by atoms with E-state index in [-0.39, 0.29) is 12.2 Å². The molecule has 2 atom stereocenters. The first kappa shape index (κ1) is 13.6. The van der Waals surface area contributed by atoms with Gasteiger partial charge in [-0.3, -0.25) is 0 Å². The number of ether oxygens (including phenoxy) is 1. The van der Waals surface area contributed by atoms with E-state index in [9.17, 15) is 5.11 Å². The summed E-state index contributed by atoms with van der Waals surface area (Å²) in [5, 5.41) is 9.94. The van der Waals surface area contributed by atoms with E-state index in [1.165, 1.54) is 11.1 Å². The molecule has 0 amide bonds. The maximum Gasteiger partial charge on any atom is 0.0828 e. The van der Waals surface area contributed by atoms with Crippen molar-refractivity contribution in [3.63, 3.8) is 0 Å². The lowest BCUT2D eigenvalue weighted by molar-refractivity contribution is 0.0227. The molecule has 1 aromatic rings. The molecule has 1 heterocycles. The van der Waals surface area contributed by atoms with E-state index in [1.807, 2.05) is 0 Å². The van der Waals surface area contributed by atoms with E-state index in [1.54, 1.807) is 0 Å². The van der Waals surface area contributed by atoms with Crippen molar-refractivity contribution in [2.45, 2.75) is 51.7 Å². The van der Waals surface area contributed by atoms with Crippen molar-refractivity contribution in [1.82, 2.24) is 0 Å². The maximum atomic E-state index is 9.94. The monoisotopic (exact) mass is 248 g/mol. The molecule has 0 radical (unpaired) electrons. The Balaban J connectivity index is 1.91. The molecule has 0 saturated carbocycles. The molecule has 100 valence electrons. The highest BCUT2D eigenvalue weighted by Gasteiger charge is 2.21. The Bertz CT molecular complexity index is 373. The van der Waals surface area contributed by atoms with Crippen molar-refractivity contribution in [1.29, 1.82) is 0 Å². The summed E-state index contributed by atoms with van der Waals surface area (Å²) in [6, 6.07) is 8.52. The van der Waals surface area contributed by atoms with Crippen LogP contribution in [0, 0.1) is 5.92 Å². The number of aliphatic hydroxyl groups excluding tert-OH is 1. The second-order valence-corrected chi connectivity index (χ2v) is 5.67. The summed E-state index contributed by atoms with van der Waals surface area (Å²) < 4.78 is 5.85. The van der Waals surface area contributed by atoms with Gasteiger partial charge in [0.05, 0.1) is 18.8 Å². The molecule has 2 nitrogen and oxygen atoms in total. The van der Waals surface area contributed by atoms with Crippen molar-refractivity contribution < 1.29 is 9.84 Å². The molecule has 1 aliphatic heterocycles. The van der Waals surface area contributed by atoms with E-state index in [0.717, 1.165) is 32.3 Å². The van der Waals surface area contributed by atoms with E-state index >= 15 is 0 Å². The van der Waals surface area contributed by atoms with E-state index in [0.29, 0.717) is 5.92 Å². The first-order valence-electron chi connectivity index (χ1n) is 7.04. The van der Waals surface area contributed by atoms with Crippen molar-refractivity contribution in [2.24, 2.45) is 5.92 Å². The number of hydrogen-bond acceptors (Lipinski definition) is 2. The van der Waals surface area contributed by atoms with Gasteiger partial charge in [-0.2, -0.15) is 0 Å². The van der Waals surface area contributed by atoms with Gasteiger partial charge < -0.3 is 9.84 Å². The molecule has 18 heavy (non-hydrogen) atoms. The molecular formula is C16H24O2. The zero-order valence-electron chi connectivity index (χ0n) is 11.4. The van der Waals surface area contributed by atoms with Gasteiger partial charge in [-0.25, -0.2) is 0 Å².